The summed E-state index contributed by atoms with van der Waals surface area (Å²) in [6.45, 7) is 3.86. The van der Waals surface area contributed by atoms with Gasteiger partial charge in [-0.1, -0.05) is 24.3 Å². The number of amides is 1. The van der Waals surface area contributed by atoms with E-state index < -0.39 is 17.6 Å². The van der Waals surface area contributed by atoms with Crippen LogP contribution < -0.4 is 10.1 Å². The molecule has 198 valence electrons. The van der Waals surface area contributed by atoms with Gasteiger partial charge < -0.3 is 14.5 Å². The predicted octanol–water partition coefficient (Wildman–Crippen LogP) is 6.49. The van der Waals surface area contributed by atoms with E-state index in [1.165, 1.54) is 35.7 Å². The van der Waals surface area contributed by atoms with Crippen LogP contribution in [0.4, 0.5) is 24.9 Å². The van der Waals surface area contributed by atoms with Gasteiger partial charge in [-0.2, -0.15) is 13.2 Å². The summed E-state index contributed by atoms with van der Waals surface area (Å²) in [7, 11) is 1.59. The highest BCUT2D eigenvalue weighted by Gasteiger charge is 2.30. The minimum Gasteiger partial charge on any atom is -0.497 e. The number of methoxy groups -OCH3 is 1. The average molecular weight is 527 g/mol. The van der Waals surface area contributed by atoms with Gasteiger partial charge in [-0.15, -0.1) is 0 Å². The number of nitrogens with zero attached hydrogens (tertiary/aromatic N) is 3. The third kappa shape index (κ3) is 6.48. The topological polar surface area (TPSA) is 89.7 Å². The van der Waals surface area contributed by atoms with Gasteiger partial charge in [-0.3, -0.25) is 9.63 Å². The van der Waals surface area contributed by atoms with Gasteiger partial charge in [0.1, 0.15) is 18.1 Å². The van der Waals surface area contributed by atoms with Crippen molar-refractivity contribution in [3.8, 4) is 17.1 Å². The van der Waals surface area contributed by atoms with Crippen molar-refractivity contribution in [1.29, 1.82) is 0 Å². The maximum absolute atomic E-state index is 13.0. The minimum absolute atomic E-state index is 0.118. The van der Waals surface area contributed by atoms with Crippen LogP contribution in [0.5, 0.6) is 5.75 Å². The number of carbonyl (C=O) groups excluding carboxylic acids is 1. The van der Waals surface area contributed by atoms with E-state index in [4.69, 9.17) is 14.0 Å². The summed E-state index contributed by atoms with van der Waals surface area (Å²) in [6.07, 6.45) is -1.57. The second kappa shape index (κ2) is 11.3. The molecule has 11 heteroatoms. The van der Waals surface area contributed by atoms with Crippen molar-refractivity contribution in [1.82, 2.24) is 15.0 Å². The summed E-state index contributed by atoms with van der Waals surface area (Å²) in [6, 6.07) is 15.0. The summed E-state index contributed by atoms with van der Waals surface area (Å²) in [4.78, 5) is 27.1. The van der Waals surface area contributed by atoms with Crippen LogP contribution in [0.25, 0.3) is 11.3 Å². The van der Waals surface area contributed by atoms with Crippen molar-refractivity contribution in [3.05, 3.63) is 89.9 Å². The number of pyridine rings is 1. The number of aromatic nitrogens is 2. The molecule has 0 saturated carbocycles. The fourth-order valence-electron chi connectivity index (χ4n) is 3.43. The first kappa shape index (κ1) is 26.7. The quantitative estimate of drug-likeness (QED) is 0.249. The van der Waals surface area contributed by atoms with Gasteiger partial charge >= 0.3 is 6.18 Å². The van der Waals surface area contributed by atoms with Gasteiger partial charge in [0.15, 0.2) is 5.76 Å². The summed E-state index contributed by atoms with van der Waals surface area (Å²) in [5, 5.41) is 4.19. The monoisotopic (exact) mass is 526 g/mol. The summed E-state index contributed by atoms with van der Waals surface area (Å²) >= 11 is 0. The van der Waals surface area contributed by atoms with Crippen LogP contribution in [-0.2, 0) is 17.6 Å². The molecule has 0 saturated heterocycles. The van der Waals surface area contributed by atoms with Gasteiger partial charge in [0, 0.05) is 5.56 Å². The maximum Gasteiger partial charge on any atom is 0.416 e. The highest BCUT2D eigenvalue weighted by atomic mass is 19.4. The van der Waals surface area contributed by atoms with Gasteiger partial charge in [0.25, 0.3) is 11.9 Å². The van der Waals surface area contributed by atoms with E-state index in [9.17, 15) is 18.0 Å². The van der Waals surface area contributed by atoms with E-state index in [0.29, 0.717) is 17.0 Å². The molecular formula is C27H25F3N4O4. The van der Waals surface area contributed by atoms with E-state index in [1.807, 2.05) is 38.1 Å². The lowest BCUT2D eigenvalue weighted by Crippen LogP contribution is -2.37. The average Bonchev–Trinajstić information content (AvgIpc) is 3.37. The summed E-state index contributed by atoms with van der Waals surface area (Å²) in [5.41, 5.74) is 1.25. The van der Waals surface area contributed by atoms with Crippen LogP contribution in [0.2, 0.25) is 0 Å². The number of anilines is 2. The lowest BCUT2D eigenvalue weighted by Gasteiger charge is -2.25. The van der Waals surface area contributed by atoms with Crippen LogP contribution in [0.3, 0.4) is 0 Å². The molecule has 1 N–H and O–H groups in total. The Hall–Kier alpha value is -4.38. The number of hydrogen-bond donors (Lipinski definition) is 1. The predicted molar refractivity (Wildman–Crippen MR) is 134 cm³/mol. The second-order valence-corrected chi connectivity index (χ2v) is 8.51. The molecule has 38 heavy (non-hydrogen) atoms. The molecule has 0 atom stereocenters. The van der Waals surface area contributed by atoms with Gasteiger partial charge in [0.2, 0.25) is 0 Å². The number of carbonyl (C=O) groups is 1. The molecule has 0 aliphatic rings. The van der Waals surface area contributed by atoms with E-state index >= 15 is 0 Å². The van der Waals surface area contributed by atoms with Crippen LogP contribution in [0.15, 0.2) is 77.5 Å². The van der Waals surface area contributed by atoms with E-state index in [1.54, 1.807) is 13.2 Å². The van der Waals surface area contributed by atoms with Crippen molar-refractivity contribution in [3.63, 3.8) is 0 Å². The largest absolute Gasteiger partial charge is 0.497 e. The zero-order valence-electron chi connectivity index (χ0n) is 20.8. The molecule has 0 unspecified atom stereocenters. The van der Waals surface area contributed by atoms with Crippen LogP contribution in [0.1, 0.15) is 35.5 Å². The zero-order valence-corrected chi connectivity index (χ0v) is 20.8. The first-order valence-electron chi connectivity index (χ1n) is 11.6. The Morgan fingerprint density at radius 2 is 1.71 bits per heavy atom. The lowest BCUT2D eigenvalue weighted by atomic mass is 10.1. The minimum atomic E-state index is -4.41. The molecule has 0 fully saturated rings. The smallest absolute Gasteiger partial charge is 0.416 e. The fraction of sp³-hybridized carbons (Fsp3) is 0.222. The highest BCUT2D eigenvalue weighted by molar-refractivity contribution is 5.92. The van der Waals surface area contributed by atoms with Crippen molar-refractivity contribution < 1.29 is 32.0 Å². The Morgan fingerprint density at radius 1 is 1.00 bits per heavy atom. The molecule has 0 bridgehead atoms. The Labute approximate surface area is 217 Å². The summed E-state index contributed by atoms with van der Waals surface area (Å²) < 4.78 is 49.1. The first-order chi connectivity index (χ1) is 18.1. The number of rotatable bonds is 9. The van der Waals surface area contributed by atoms with Crippen molar-refractivity contribution >= 4 is 17.6 Å². The molecule has 0 radical (unpaired) electrons. The SMILES string of the molecule is COc1ccc(CON(C(=O)c2ccc(Nc3ncc(-c4ccc(C(F)(F)F)cc4)o3)cn2)C(C)C)cc1. The fourth-order valence-corrected chi connectivity index (χ4v) is 3.43. The molecule has 0 aliphatic carbocycles. The molecule has 2 heterocycles. The van der Waals surface area contributed by atoms with Crippen molar-refractivity contribution in [2.75, 3.05) is 12.4 Å². The highest BCUT2D eigenvalue weighted by Crippen LogP contribution is 2.31. The summed E-state index contributed by atoms with van der Waals surface area (Å²) in [5.74, 6) is 0.618. The number of hydrogen-bond acceptors (Lipinski definition) is 7. The molecule has 2 aromatic heterocycles. The Balaban J connectivity index is 1.38. The van der Waals surface area contributed by atoms with Gasteiger partial charge in [0.05, 0.1) is 36.8 Å². The Kier molecular flexibility index (Phi) is 7.96. The number of ether oxygens (including phenoxy) is 1. The van der Waals surface area contributed by atoms with Crippen molar-refractivity contribution in [2.24, 2.45) is 0 Å². The zero-order chi connectivity index (χ0) is 27.3. The van der Waals surface area contributed by atoms with Gasteiger partial charge in [-0.05, 0) is 55.8 Å². The first-order valence-corrected chi connectivity index (χ1v) is 11.6. The van der Waals surface area contributed by atoms with Crippen LogP contribution >= 0.6 is 0 Å². The third-order valence-corrected chi connectivity index (χ3v) is 5.43. The molecular weight excluding hydrogens is 501 g/mol. The second-order valence-electron chi connectivity index (χ2n) is 8.51. The van der Waals surface area contributed by atoms with E-state index in [2.05, 4.69) is 15.3 Å². The van der Waals surface area contributed by atoms with E-state index in [0.717, 1.165) is 23.4 Å². The third-order valence-electron chi connectivity index (χ3n) is 5.43. The van der Waals surface area contributed by atoms with Crippen molar-refractivity contribution in [2.45, 2.75) is 32.7 Å². The lowest BCUT2D eigenvalue weighted by molar-refractivity contribution is -0.152. The Morgan fingerprint density at radius 3 is 2.29 bits per heavy atom. The number of nitrogens with one attached hydrogen (secondary N) is 1. The number of benzene rings is 2. The van der Waals surface area contributed by atoms with Gasteiger partial charge in [-0.25, -0.2) is 15.0 Å². The molecule has 4 rings (SSSR count). The number of oxazole rings is 1. The molecule has 0 spiro atoms. The Bertz CT molecular complexity index is 1350. The molecule has 4 aromatic rings. The standard InChI is InChI=1S/C27H25F3N4O4/c1-17(2)34(37-16-18-4-11-22(36-3)12-5-18)25(35)23-13-10-21(14-31-23)33-26-32-15-24(38-26)19-6-8-20(9-7-19)27(28,29)30/h4-15,17H,16H2,1-3H3,(H,32,33). The number of alkyl halides is 3. The number of halogens is 3. The molecule has 8 nitrogen and oxygen atoms in total. The number of hydroxylamine groups is 2. The maximum atomic E-state index is 13.0. The molecule has 1 amide bonds. The van der Waals surface area contributed by atoms with E-state index in [-0.39, 0.29) is 24.4 Å². The molecule has 2 aromatic carbocycles. The molecule has 0 aliphatic heterocycles. The normalized spacial score (nSPS) is 11.4. The van der Waals surface area contributed by atoms with Crippen LogP contribution in [0, 0.1) is 0 Å². The van der Waals surface area contributed by atoms with Crippen LogP contribution in [-0.4, -0.2) is 34.1 Å².